The number of ether oxygens (including phenoxy) is 2. The summed E-state index contributed by atoms with van der Waals surface area (Å²) < 4.78 is 11.0. The monoisotopic (exact) mass is 225 g/mol. The van der Waals surface area contributed by atoms with Crippen molar-refractivity contribution >= 4 is 0 Å². The summed E-state index contributed by atoms with van der Waals surface area (Å²) in [5, 5.41) is 3.59. The topological polar surface area (TPSA) is 30.5 Å². The summed E-state index contributed by atoms with van der Waals surface area (Å²) in [4.78, 5) is 0. The third-order valence-electron chi connectivity index (χ3n) is 3.45. The zero-order valence-electron chi connectivity index (χ0n) is 10.2. The molecular weight excluding hydrogens is 202 g/mol. The Kier molecular flexibility index (Phi) is 4.67. The second-order valence-corrected chi connectivity index (χ2v) is 4.68. The summed E-state index contributed by atoms with van der Waals surface area (Å²) >= 11 is 0. The molecule has 2 unspecified atom stereocenters. The summed E-state index contributed by atoms with van der Waals surface area (Å²) in [6, 6.07) is 0.464. The molecule has 3 nitrogen and oxygen atoms in total. The molecule has 1 fully saturated rings. The normalized spacial score (nSPS) is 28.1. The summed E-state index contributed by atoms with van der Waals surface area (Å²) in [7, 11) is 0. The van der Waals surface area contributed by atoms with Crippen molar-refractivity contribution in [1.82, 2.24) is 5.32 Å². The van der Waals surface area contributed by atoms with E-state index >= 15 is 0 Å². The highest BCUT2D eigenvalue weighted by Crippen LogP contribution is 2.26. The maximum Gasteiger partial charge on any atom is 0.0876 e. The van der Waals surface area contributed by atoms with Crippen molar-refractivity contribution in [2.45, 2.75) is 38.6 Å². The highest BCUT2D eigenvalue weighted by molar-refractivity contribution is 5.12. The lowest BCUT2D eigenvalue weighted by molar-refractivity contribution is 0.0428. The van der Waals surface area contributed by atoms with Gasteiger partial charge >= 0.3 is 0 Å². The maximum atomic E-state index is 5.59. The first-order chi connectivity index (χ1) is 7.92. The number of nitrogens with one attached hydrogen (secondary N) is 1. The lowest BCUT2D eigenvalue weighted by Crippen LogP contribution is -2.42. The Hall–Kier alpha value is -0.540. The van der Waals surface area contributed by atoms with E-state index in [4.69, 9.17) is 9.47 Å². The maximum absolute atomic E-state index is 5.59. The van der Waals surface area contributed by atoms with Gasteiger partial charge in [-0.25, -0.2) is 0 Å². The Labute approximate surface area is 98.2 Å². The van der Waals surface area contributed by atoms with Crippen LogP contribution in [-0.2, 0) is 9.47 Å². The van der Waals surface area contributed by atoms with Crippen LogP contribution < -0.4 is 5.32 Å². The van der Waals surface area contributed by atoms with E-state index in [0.29, 0.717) is 12.0 Å². The summed E-state index contributed by atoms with van der Waals surface area (Å²) in [5.74, 6) is 0.627. The average molecular weight is 225 g/mol. The molecule has 0 spiro atoms. The van der Waals surface area contributed by atoms with Crippen molar-refractivity contribution in [3.63, 3.8) is 0 Å². The number of rotatable bonds is 4. The molecule has 92 valence electrons. The number of likely N-dealkylation sites (N-methyl/N-ethyl adjacent to an activating group) is 1. The predicted molar refractivity (Wildman–Crippen MR) is 64.3 cm³/mol. The number of hydrogen-bond acceptors (Lipinski definition) is 3. The third kappa shape index (κ3) is 2.98. The average Bonchev–Trinajstić information content (AvgIpc) is 2.38. The standard InChI is InChI=1S/C13H23NO2/c1-2-14-13(11-5-3-7-15-9-11)12-6-4-8-16-10-12/h9,12-14H,2-8,10H2,1H3. The summed E-state index contributed by atoms with van der Waals surface area (Å²) in [5.41, 5.74) is 1.43. The van der Waals surface area contributed by atoms with E-state index in [1.54, 1.807) is 0 Å². The molecule has 0 aromatic rings. The van der Waals surface area contributed by atoms with Crippen LogP contribution in [0.2, 0.25) is 0 Å². The smallest absolute Gasteiger partial charge is 0.0876 e. The second kappa shape index (κ2) is 6.26. The molecule has 0 saturated carbocycles. The van der Waals surface area contributed by atoms with Crippen LogP contribution >= 0.6 is 0 Å². The van der Waals surface area contributed by atoms with Crippen molar-refractivity contribution in [3.8, 4) is 0 Å². The van der Waals surface area contributed by atoms with E-state index in [9.17, 15) is 0 Å². The van der Waals surface area contributed by atoms with Gasteiger partial charge in [0.05, 0.1) is 19.5 Å². The summed E-state index contributed by atoms with van der Waals surface area (Å²) in [6.45, 7) is 5.89. The van der Waals surface area contributed by atoms with E-state index in [1.165, 1.54) is 24.8 Å². The molecule has 1 N–H and O–H groups in total. The Morgan fingerprint density at radius 3 is 3.00 bits per heavy atom. The van der Waals surface area contributed by atoms with Gasteiger partial charge in [0.2, 0.25) is 0 Å². The highest BCUT2D eigenvalue weighted by atomic mass is 16.5. The van der Waals surface area contributed by atoms with Crippen molar-refractivity contribution in [2.24, 2.45) is 5.92 Å². The molecule has 2 aliphatic rings. The van der Waals surface area contributed by atoms with Gasteiger partial charge in [-0.3, -0.25) is 0 Å². The van der Waals surface area contributed by atoms with Crippen molar-refractivity contribution in [2.75, 3.05) is 26.4 Å². The van der Waals surface area contributed by atoms with Gasteiger partial charge in [-0.15, -0.1) is 0 Å². The van der Waals surface area contributed by atoms with Crippen LogP contribution in [0.4, 0.5) is 0 Å². The van der Waals surface area contributed by atoms with Crippen LogP contribution in [0.3, 0.4) is 0 Å². The first-order valence-corrected chi connectivity index (χ1v) is 6.53. The second-order valence-electron chi connectivity index (χ2n) is 4.68. The first-order valence-electron chi connectivity index (χ1n) is 6.53. The third-order valence-corrected chi connectivity index (χ3v) is 3.45. The van der Waals surface area contributed by atoms with Crippen molar-refractivity contribution < 1.29 is 9.47 Å². The minimum atomic E-state index is 0.464. The summed E-state index contributed by atoms with van der Waals surface area (Å²) in [6.07, 6.45) is 6.77. The van der Waals surface area contributed by atoms with Crippen LogP contribution in [-0.4, -0.2) is 32.4 Å². The molecular formula is C13H23NO2. The first kappa shape index (κ1) is 11.9. The van der Waals surface area contributed by atoms with E-state index in [2.05, 4.69) is 12.2 Å². The molecule has 3 heteroatoms. The van der Waals surface area contributed by atoms with Gasteiger partial charge in [0.25, 0.3) is 0 Å². The molecule has 0 bridgehead atoms. The van der Waals surface area contributed by atoms with Crippen LogP contribution in [0, 0.1) is 5.92 Å². The minimum absolute atomic E-state index is 0.464. The Bertz CT molecular complexity index is 234. The predicted octanol–water partition coefficient (Wildman–Crippen LogP) is 2.09. The molecule has 2 aliphatic heterocycles. The van der Waals surface area contributed by atoms with E-state index < -0.39 is 0 Å². The van der Waals surface area contributed by atoms with Gasteiger partial charge in [-0.05, 0) is 37.8 Å². The van der Waals surface area contributed by atoms with E-state index in [0.717, 1.165) is 32.8 Å². The zero-order chi connectivity index (χ0) is 11.2. The van der Waals surface area contributed by atoms with Crippen LogP contribution in [0.25, 0.3) is 0 Å². The molecule has 0 aromatic heterocycles. The molecule has 1 saturated heterocycles. The van der Waals surface area contributed by atoms with Crippen LogP contribution in [0.15, 0.2) is 11.8 Å². The lowest BCUT2D eigenvalue weighted by atomic mass is 9.86. The van der Waals surface area contributed by atoms with Crippen LogP contribution in [0.5, 0.6) is 0 Å². The Morgan fingerprint density at radius 2 is 2.38 bits per heavy atom. The van der Waals surface area contributed by atoms with Gasteiger partial charge in [0.1, 0.15) is 0 Å². The quantitative estimate of drug-likeness (QED) is 0.794. The lowest BCUT2D eigenvalue weighted by Gasteiger charge is -2.33. The zero-order valence-corrected chi connectivity index (χ0v) is 10.2. The molecule has 0 amide bonds. The van der Waals surface area contributed by atoms with Crippen LogP contribution in [0.1, 0.15) is 32.6 Å². The molecule has 0 radical (unpaired) electrons. The number of hydrogen-bond donors (Lipinski definition) is 1. The van der Waals surface area contributed by atoms with Crippen molar-refractivity contribution in [3.05, 3.63) is 11.8 Å². The molecule has 2 heterocycles. The Morgan fingerprint density at radius 1 is 1.44 bits per heavy atom. The fourth-order valence-electron chi connectivity index (χ4n) is 2.66. The van der Waals surface area contributed by atoms with Gasteiger partial charge in [-0.2, -0.15) is 0 Å². The highest BCUT2D eigenvalue weighted by Gasteiger charge is 2.27. The van der Waals surface area contributed by atoms with Gasteiger partial charge < -0.3 is 14.8 Å². The van der Waals surface area contributed by atoms with Gasteiger partial charge in [0.15, 0.2) is 0 Å². The molecule has 16 heavy (non-hydrogen) atoms. The fourth-order valence-corrected chi connectivity index (χ4v) is 2.66. The molecule has 0 aliphatic carbocycles. The van der Waals surface area contributed by atoms with Crippen molar-refractivity contribution in [1.29, 1.82) is 0 Å². The molecule has 0 aromatic carbocycles. The van der Waals surface area contributed by atoms with E-state index in [1.807, 2.05) is 6.26 Å². The van der Waals surface area contributed by atoms with E-state index in [-0.39, 0.29) is 0 Å². The fraction of sp³-hybridized carbons (Fsp3) is 0.846. The largest absolute Gasteiger partial charge is 0.501 e. The van der Waals surface area contributed by atoms with Gasteiger partial charge in [-0.1, -0.05) is 6.92 Å². The molecule has 2 atom stereocenters. The Balaban J connectivity index is 1.99. The van der Waals surface area contributed by atoms with Gasteiger partial charge in [0, 0.05) is 18.6 Å². The minimum Gasteiger partial charge on any atom is -0.501 e. The SMILES string of the molecule is CCNC(C1=COCCC1)C1CCCOC1. The molecule has 2 rings (SSSR count).